The van der Waals surface area contributed by atoms with Crippen LogP contribution in [-0.4, -0.2) is 4.57 Å². The standard InChI is InChI=1S/C16H19N/c1-6-10-12-16-14(9-4)13(8-3)15(11-7-2)17(16)5/h6-12H,1,3-4H2,2,5H3/b11-7-,12-10-. The number of hydrogen-bond acceptors (Lipinski definition) is 0. The van der Waals surface area contributed by atoms with Crippen molar-refractivity contribution in [2.45, 2.75) is 6.92 Å². The summed E-state index contributed by atoms with van der Waals surface area (Å²) >= 11 is 0. The Balaban J connectivity index is 3.58. The van der Waals surface area contributed by atoms with Gasteiger partial charge in [0.15, 0.2) is 0 Å². The van der Waals surface area contributed by atoms with Crippen LogP contribution in [0.1, 0.15) is 29.4 Å². The zero-order chi connectivity index (χ0) is 12.8. The van der Waals surface area contributed by atoms with E-state index in [1.54, 1.807) is 6.08 Å². The highest BCUT2D eigenvalue weighted by molar-refractivity contribution is 5.78. The van der Waals surface area contributed by atoms with Gasteiger partial charge in [-0.05, 0) is 19.1 Å². The van der Waals surface area contributed by atoms with E-state index in [4.69, 9.17) is 0 Å². The zero-order valence-corrected chi connectivity index (χ0v) is 10.6. The maximum atomic E-state index is 3.88. The Morgan fingerprint density at radius 1 is 0.941 bits per heavy atom. The first-order chi connectivity index (χ1) is 8.21. The Bertz CT molecular complexity index is 496. The second kappa shape index (κ2) is 5.90. The summed E-state index contributed by atoms with van der Waals surface area (Å²) in [5, 5.41) is 0. The Hall–Kier alpha value is -2.02. The van der Waals surface area contributed by atoms with E-state index in [-0.39, 0.29) is 0 Å². The second-order valence-electron chi connectivity index (χ2n) is 3.66. The van der Waals surface area contributed by atoms with Gasteiger partial charge in [-0.2, -0.15) is 0 Å². The van der Waals surface area contributed by atoms with Crippen molar-refractivity contribution in [3.05, 3.63) is 60.5 Å². The van der Waals surface area contributed by atoms with Crippen LogP contribution in [0.2, 0.25) is 0 Å². The lowest BCUT2D eigenvalue weighted by Crippen LogP contribution is -1.94. The van der Waals surface area contributed by atoms with E-state index in [0.717, 1.165) is 22.5 Å². The summed E-state index contributed by atoms with van der Waals surface area (Å²) in [6.07, 6.45) is 13.6. The van der Waals surface area contributed by atoms with Crippen molar-refractivity contribution in [3.8, 4) is 0 Å². The largest absolute Gasteiger partial charge is 0.344 e. The predicted octanol–water partition coefficient (Wildman–Crippen LogP) is 4.54. The molecule has 1 aromatic heterocycles. The lowest BCUT2D eigenvalue weighted by molar-refractivity contribution is 0.900. The van der Waals surface area contributed by atoms with E-state index >= 15 is 0 Å². The van der Waals surface area contributed by atoms with E-state index in [1.807, 2.05) is 44.4 Å². The molecule has 1 rings (SSSR count). The molecule has 1 aromatic rings. The minimum atomic E-state index is 1.11. The van der Waals surface area contributed by atoms with Crippen molar-refractivity contribution in [1.29, 1.82) is 0 Å². The number of allylic oxidation sites excluding steroid dienone is 3. The molecule has 0 N–H and O–H groups in total. The van der Waals surface area contributed by atoms with Gasteiger partial charge in [0.05, 0.1) is 0 Å². The first-order valence-electron chi connectivity index (χ1n) is 5.60. The molecule has 1 heteroatoms. The average molecular weight is 225 g/mol. The van der Waals surface area contributed by atoms with Crippen molar-refractivity contribution < 1.29 is 0 Å². The van der Waals surface area contributed by atoms with Crippen molar-refractivity contribution in [2.75, 3.05) is 0 Å². The third-order valence-corrected chi connectivity index (χ3v) is 2.69. The normalized spacial score (nSPS) is 11.2. The molecule has 0 saturated heterocycles. The van der Waals surface area contributed by atoms with Crippen LogP contribution >= 0.6 is 0 Å². The highest BCUT2D eigenvalue weighted by Crippen LogP contribution is 2.26. The topological polar surface area (TPSA) is 4.93 Å². The van der Waals surface area contributed by atoms with Gasteiger partial charge in [0, 0.05) is 29.6 Å². The van der Waals surface area contributed by atoms with Crippen molar-refractivity contribution in [3.63, 3.8) is 0 Å². The van der Waals surface area contributed by atoms with E-state index in [0.29, 0.717) is 0 Å². The number of nitrogens with zero attached hydrogens (tertiary/aromatic N) is 1. The molecule has 1 nitrogen and oxygen atoms in total. The minimum Gasteiger partial charge on any atom is -0.344 e. The van der Waals surface area contributed by atoms with Crippen LogP contribution in [0.4, 0.5) is 0 Å². The molecule has 1 heterocycles. The summed E-state index contributed by atoms with van der Waals surface area (Å²) in [5.74, 6) is 0. The third kappa shape index (κ3) is 2.39. The van der Waals surface area contributed by atoms with E-state index < -0.39 is 0 Å². The summed E-state index contributed by atoms with van der Waals surface area (Å²) in [6.45, 7) is 13.5. The van der Waals surface area contributed by atoms with Crippen LogP contribution in [0.5, 0.6) is 0 Å². The van der Waals surface area contributed by atoms with Crippen molar-refractivity contribution >= 4 is 24.3 Å². The molecule has 0 aromatic carbocycles. The van der Waals surface area contributed by atoms with Crippen LogP contribution in [0.3, 0.4) is 0 Å². The minimum absolute atomic E-state index is 1.11. The molecule has 0 aliphatic rings. The van der Waals surface area contributed by atoms with E-state index in [2.05, 4.69) is 30.4 Å². The monoisotopic (exact) mass is 225 g/mol. The fourth-order valence-corrected chi connectivity index (χ4v) is 1.92. The van der Waals surface area contributed by atoms with Crippen molar-refractivity contribution in [1.82, 2.24) is 4.57 Å². The van der Waals surface area contributed by atoms with Gasteiger partial charge in [0.1, 0.15) is 0 Å². The zero-order valence-electron chi connectivity index (χ0n) is 10.6. The Labute approximate surface area is 104 Å². The lowest BCUT2D eigenvalue weighted by Gasteiger charge is -2.01. The molecule has 0 atom stereocenters. The summed E-state index contributed by atoms with van der Waals surface area (Å²) in [5.41, 5.74) is 4.47. The van der Waals surface area contributed by atoms with E-state index in [1.165, 1.54) is 0 Å². The van der Waals surface area contributed by atoms with Crippen LogP contribution in [0.25, 0.3) is 24.3 Å². The fraction of sp³-hybridized carbons (Fsp3) is 0.125. The van der Waals surface area contributed by atoms with Gasteiger partial charge in [0.25, 0.3) is 0 Å². The Morgan fingerprint density at radius 2 is 1.47 bits per heavy atom. The molecule has 0 aliphatic heterocycles. The molecule has 0 amide bonds. The molecule has 88 valence electrons. The van der Waals surface area contributed by atoms with Gasteiger partial charge in [-0.3, -0.25) is 0 Å². The maximum Gasteiger partial charge on any atom is 0.0488 e. The molecule has 0 spiro atoms. The van der Waals surface area contributed by atoms with Crippen LogP contribution in [0, 0.1) is 0 Å². The van der Waals surface area contributed by atoms with Crippen LogP contribution in [-0.2, 0) is 7.05 Å². The summed E-state index contributed by atoms with van der Waals surface area (Å²) in [7, 11) is 2.04. The summed E-state index contributed by atoms with van der Waals surface area (Å²) < 4.78 is 2.13. The highest BCUT2D eigenvalue weighted by Gasteiger charge is 2.12. The van der Waals surface area contributed by atoms with Crippen molar-refractivity contribution in [2.24, 2.45) is 7.05 Å². The predicted molar refractivity (Wildman–Crippen MR) is 79.5 cm³/mol. The quantitative estimate of drug-likeness (QED) is 0.648. The first kappa shape index (κ1) is 13.0. The number of aromatic nitrogens is 1. The second-order valence-corrected chi connectivity index (χ2v) is 3.66. The molecular weight excluding hydrogens is 206 g/mol. The lowest BCUT2D eigenvalue weighted by atomic mass is 10.1. The SMILES string of the molecule is C=C/C=C\c1c(C=C)c(C=C)c(/C=C\C)n1C. The van der Waals surface area contributed by atoms with Crippen LogP contribution < -0.4 is 0 Å². The Kier molecular flexibility index (Phi) is 4.53. The first-order valence-corrected chi connectivity index (χ1v) is 5.60. The molecular formula is C16H19N. The van der Waals surface area contributed by atoms with Gasteiger partial charge in [0.2, 0.25) is 0 Å². The molecule has 0 fully saturated rings. The summed E-state index contributed by atoms with van der Waals surface area (Å²) in [6, 6.07) is 0. The highest BCUT2D eigenvalue weighted by atomic mass is 15.0. The molecule has 0 saturated carbocycles. The third-order valence-electron chi connectivity index (χ3n) is 2.69. The number of hydrogen-bond donors (Lipinski definition) is 0. The van der Waals surface area contributed by atoms with E-state index in [9.17, 15) is 0 Å². The van der Waals surface area contributed by atoms with Gasteiger partial charge < -0.3 is 4.57 Å². The molecule has 17 heavy (non-hydrogen) atoms. The number of rotatable bonds is 5. The van der Waals surface area contributed by atoms with Gasteiger partial charge >= 0.3 is 0 Å². The molecule has 0 radical (unpaired) electrons. The molecule has 0 aliphatic carbocycles. The maximum absolute atomic E-state index is 3.88. The Morgan fingerprint density at radius 3 is 1.88 bits per heavy atom. The fourth-order valence-electron chi connectivity index (χ4n) is 1.92. The molecule has 0 unspecified atom stereocenters. The summed E-state index contributed by atoms with van der Waals surface area (Å²) in [4.78, 5) is 0. The smallest absolute Gasteiger partial charge is 0.0488 e. The molecule has 0 bridgehead atoms. The van der Waals surface area contributed by atoms with Crippen LogP contribution in [0.15, 0.2) is 38.0 Å². The van der Waals surface area contributed by atoms with Gasteiger partial charge in [-0.25, -0.2) is 0 Å². The van der Waals surface area contributed by atoms with Gasteiger partial charge in [-0.1, -0.05) is 50.1 Å². The average Bonchev–Trinajstić information content (AvgIpc) is 2.60. The van der Waals surface area contributed by atoms with Gasteiger partial charge in [-0.15, -0.1) is 0 Å².